The van der Waals surface area contributed by atoms with Gasteiger partial charge >= 0.3 is 5.97 Å². The molecular formula is C22H24N2O5S. The number of aldehydes is 1. The smallest absolute Gasteiger partial charge is 0.322 e. The minimum Gasteiger partial charge on any atom is -0.426 e. The van der Waals surface area contributed by atoms with Gasteiger partial charge in [0.2, 0.25) is 0 Å². The normalized spacial score (nSPS) is 19.7. The summed E-state index contributed by atoms with van der Waals surface area (Å²) in [5.74, 6) is 0.475. The summed E-state index contributed by atoms with van der Waals surface area (Å²) in [6.07, 6.45) is 2.88. The minimum atomic E-state index is -1.99. The molecule has 2 atom stereocenters. The van der Waals surface area contributed by atoms with Crippen molar-refractivity contribution in [3.05, 3.63) is 54.1 Å². The van der Waals surface area contributed by atoms with E-state index in [-0.39, 0.29) is 12.0 Å². The largest absolute Gasteiger partial charge is 0.426 e. The Hall–Kier alpha value is -2.55. The number of rotatable bonds is 7. The van der Waals surface area contributed by atoms with E-state index in [1.54, 1.807) is 24.3 Å². The molecule has 0 saturated carbocycles. The molecule has 1 fully saturated rings. The van der Waals surface area contributed by atoms with E-state index in [0.29, 0.717) is 49.5 Å². The summed E-state index contributed by atoms with van der Waals surface area (Å²) in [6, 6.07) is 14.0. The number of carbonyl (C=O) groups excluding carboxylic acids is 2. The molecule has 2 aliphatic rings. The summed E-state index contributed by atoms with van der Waals surface area (Å²) >= 11 is -1.99. The fraction of sp³-hybridized carbons (Fsp3) is 0.364. The van der Waals surface area contributed by atoms with Crippen molar-refractivity contribution < 1.29 is 23.1 Å². The van der Waals surface area contributed by atoms with Crippen LogP contribution in [0.1, 0.15) is 24.8 Å². The predicted octanol–water partition coefficient (Wildman–Crippen LogP) is 2.59. The Labute approximate surface area is 177 Å². The second-order valence-corrected chi connectivity index (χ2v) is 8.67. The fourth-order valence-corrected chi connectivity index (χ4v) is 4.73. The van der Waals surface area contributed by atoms with Gasteiger partial charge < -0.3 is 19.4 Å². The van der Waals surface area contributed by atoms with Crippen LogP contribution in [0.3, 0.4) is 0 Å². The second-order valence-electron chi connectivity index (χ2n) is 7.70. The Kier molecular flexibility index (Phi) is 5.99. The topological polar surface area (TPSA) is 95.9 Å². The number of fused-ring (bicyclic) bond motifs is 2. The molecule has 0 aromatic heterocycles. The first-order valence-electron chi connectivity index (χ1n) is 9.99. The van der Waals surface area contributed by atoms with Crippen LogP contribution in [0.25, 0.3) is 0 Å². The molecule has 1 spiro atoms. The quantitative estimate of drug-likeness (QED) is 0.303. The number of para-hydroxylation sites is 1. The fourth-order valence-electron chi connectivity index (χ4n) is 4.36. The van der Waals surface area contributed by atoms with Crippen molar-refractivity contribution in [1.82, 2.24) is 4.90 Å². The Morgan fingerprint density at radius 2 is 1.87 bits per heavy atom. The Morgan fingerprint density at radius 3 is 2.53 bits per heavy atom. The van der Waals surface area contributed by atoms with E-state index >= 15 is 0 Å². The van der Waals surface area contributed by atoms with Crippen molar-refractivity contribution in [3.63, 3.8) is 0 Å². The van der Waals surface area contributed by atoms with Gasteiger partial charge in [-0.3, -0.25) is 9.69 Å². The molecule has 158 valence electrons. The lowest BCUT2D eigenvalue weighted by atomic mass is 9.73. The van der Waals surface area contributed by atoms with Crippen molar-refractivity contribution in [2.45, 2.75) is 35.6 Å². The van der Waals surface area contributed by atoms with Gasteiger partial charge in [0.1, 0.15) is 12.0 Å². The second kappa shape index (κ2) is 8.67. The number of nitrogens with zero attached hydrogens (tertiary/aromatic N) is 1. The van der Waals surface area contributed by atoms with Gasteiger partial charge in [-0.2, -0.15) is 0 Å². The molecule has 0 radical (unpaired) electrons. The van der Waals surface area contributed by atoms with Crippen molar-refractivity contribution in [1.29, 1.82) is 0 Å². The van der Waals surface area contributed by atoms with Gasteiger partial charge in [0, 0.05) is 30.9 Å². The van der Waals surface area contributed by atoms with Gasteiger partial charge in [0.15, 0.2) is 11.1 Å². The number of hydrogen-bond donors (Lipinski definition) is 2. The standard InChI is InChI=1S/C22H24N2O5S/c25-15-17(9-12-23-16-5-7-18(8-6-16)30(27)28)24-13-10-22(11-14-24)19-3-1-2-4-20(19)29-21(22)26/h1-8,15,17,23H,9-14H2,(H,27,28)/t17-/m0/s1. The maximum Gasteiger partial charge on any atom is 0.322 e. The molecule has 0 bridgehead atoms. The number of anilines is 1. The van der Waals surface area contributed by atoms with Crippen molar-refractivity contribution >= 4 is 29.0 Å². The van der Waals surface area contributed by atoms with Gasteiger partial charge in [-0.15, -0.1) is 0 Å². The molecule has 2 aliphatic heterocycles. The van der Waals surface area contributed by atoms with Crippen LogP contribution in [-0.4, -0.2) is 51.6 Å². The highest BCUT2D eigenvalue weighted by Crippen LogP contribution is 2.46. The maximum absolute atomic E-state index is 12.6. The zero-order chi connectivity index (χ0) is 21.1. The highest BCUT2D eigenvalue weighted by atomic mass is 32.2. The van der Waals surface area contributed by atoms with E-state index in [4.69, 9.17) is 9.29 Å². The zero-order valence-corrected chi connectivity index (χ0v) is 17.3. The third kappa shape index (κ3) is 3.90. The highest BCUT2D eigenvalue weighted by Gasteiger charge is 2.50. The zero-order valence-electron chi connectivity index (χ0n) is 16.5. The average molecular weight is 429 g/mol. The van der Waals surface area contributed by atoms with Crippen LogP contribution in [0.15, 0.2) is 53.4 Å². The third-order valence-corrected chi connectivity index (χ3v) is 6.77. The van der Waals surface area contributed by atoms with Gasteiger partial charge in [-0.1, -0.05) is 18.2 Å². The molecule has 0 aliphatic carbocycles. The van der Waals surface area contributed by atoms with Gasteiger partial charge in [0.25, 0.3) is 0 Å². The third-order valence-electron chi connectivity index (χ3n) is 6.10. The number of piperidine rings is 1. The molecule has 7 nitrogen and oxygen atoms in total. The van der Waals surface area contributed by atoms with E-state index in [2.05, 4.69) is 10.2 Å². The lowest BCUT2D eigenvalue weighted by Gasteiger charge is -2.39. The summed E-state index contributed by atoms with van der Waals surface area (Å²) in [5, 5.41) is 3.24. The summed E-state index contributed by atoms with van der Waals surface area (Å²) < 4.78 is 25.6. The van der Waals surface area contributed by atoms with Crippen molar-refractivity contribution in [3.8, 4) is 5.75 Å². The lowest BCUT2D eigenvalue weighted by molar-refractivity contribution is -0.140. The first kappa shape index (κ1) is 20.7. The summed E-state index contributed by atoms with van der Waals surface area (Å²) in [7, 11) is 0. The van der Waals surface area contributed by atoms with E-state index < -0.39 is 16.5 Å². The van der Waals surface area contributed by atoms with E-state index in [1.807, 2.05) is 24.3 Å². The average Bonchev–Trinajstić information content (AvgIpc) is 3.04. The molecule has 8 heteroatoms. The van der Waals surface area contributed by atoms with Crippen molar-refractivity contribution in [2.75, 3.05) is 25.0 Å². The molecule has 2 aromatic rings. The number of nitrogens with one attached hydrogen (secondary N) is 1. The van der Waals surface area contributed by atoms with Crippen LogP contribution in [0.4, 0.5) is 5.69 Å². The lowest BCUT2D eigenvalue weighted by Crippen LogP contribution is -2.50. The molecule has 2 N–H and O–H groups in total. The molecule has 4 rings (SSSR count). The minimum absolute atomic E-state index is 0.181. The molecule has 2 heterocycles. The van der Waals surface area contributed by atoms with Crippen LogP contribution in [0, 0.1) is 0 Å². The molecule has 0 amide bonds. The first-order valence-corrected chi connectivity index (χ1v) is 11.1. The van der Waals surface area contributed by atoms with Gasteiger partial charge in [-0.05, 0) is 49.6 Å². The number of likely N-dealkylation sites (tertiary alicyclic amines) is 1. The summed E-state index contributed by atoms with van der Waals surface area (Å²) in [6.45, 7) is 1.91. The van der Waals surface area contributed by atoms with Crippen molar-refractivity contribution in [2.24, 2.45) is 0 Å². The number of benzene rings is 2. The van der Waals surface area contributed by atoms with Crippen LogP contribution >= 0.6 is 0 Å². The monoisotopic (exact) mass is 428 g/mol. The van der Waals surface area contributed by atoms with E-state index in [1.165, 1.54) is 0 Å². The number of esters is 1. The van der Waals surface area contributed by atoms with Gasteiger partial charge in [-0.25, -0.2) is 4.21 Å². The van der Waals surface area contributed by atoms with Crippen LogP contribution in [0.5, 0.6) is 5.75 Å². The summed E-state index contributed by atoms with van der Waals surface area (Å²) in [4.78, 5) is 26.8. The first-order chi connectivity index (χ1) is 14.5. The molecule has 1 saturated heterocycles. The number of carbonyl (C=O) groups is 2. The van der Waals surface area contributed by atoms with Crippen LogP contribution < -0.4 is 10.1 Å². The molecular weight excluding hydrogens is 404 g/mol. The Morgan fingerprint density at radius 1 is 1.17 bits per heavy atom. The van der Waals surface area contributed by atoms with E-state index in [9.17, 15) is 13.8 Å². The van der Waals surface area contributed by atoms with E-state index in [0.717, 1.165) is 17.5 Å². The summed E-state index contributed by atoms with van der Waals surface area (Å²) in [5.41, 5.74) is 1.20. The SMILES string of the molecule is O=C[C@H](CCNc1ccc(S(=O)O)cc1)N1CCC2(CC1)C(=O)Oc1ccccc12. The molecule has 30 heavy (non-hydrogen) atoms. The highest BCUT2D eigenvalue weighted by molar-refractivity contribution is 7.79. The maximum atomic E-state index is 12.6. The molecule has 2 aromatic carbocycles. The van der Waals surface area contributed by atoms with Crippen LogP contribution in [-0.2, 0) is 26.1 Å². The Balaban J connectivity index is 1.33. The predicted molar refractivity (Wildman–Crippen MR) is 113 cm³/mol. The van der Waals surface area contributed by atoms with Crippen LogP contribution in [0.2, 0.25) is 0 Å². The number of hydrogen-bond acceptors (Lipinski definition) is 6. The van der Waals surface area contributed by atoms with Gasteiger partial charge in [0.05, 0.1) is 16.4 Å². The number of ether oxygens (including phenoxy) is 1. The molecule has 1 unspecified atom stereocenters. The Bertz CT molecular complexity index is 954.